The van der Waals surface area contributed by atoms with Crippen LogP contribution in [-0.4, -0.2) is 50.4 Å². The van der Waals surface area contributed by atoms with Gasteiger partial charge in [-0.15, -0.1) is 0 Å². The standard InChI is InChI=1S/C23H31NO4/c1-2-26-15-16-27-17-18-28-23(25)13-14-24(19-21-9-5-3-6-10-21)20-22-11-7-4-8-12-22/h3-12H,2,13-20H2,1H3. The monoisotopic (exact) mass is 385 g/mol. The highest BCUT2D eigenvalue weighted by molar-refractivity contribution is 5.69. The van der Waals surface area contributed by atoms with E-state index in [4.69, 9.17) is 14.2 Å². The van der Waals surface area contributed by atoms with Crippen molar-refractivity contribution in [1.29, 1.82) is 0 Å². The normalized spacial score (nSPS) is 10.9. The van der Waals surface area contributed by atoms with E-state index in [1.54, 1.807) is 0 Å². The van der Waals surface area contributed by atoms with E-state index in [0.717, 1.165) is 13.1 Å². The average Bonchev–Trinajstić information content (AvgIpc) is 2.73. The van der Waals surface area contributed by atoms with Crippen molar-refractivity contribution >= 4 is 5.97 Å². The van der Waals surface area contributed by atoms with Gasteiger partial charge < -0.3 is 14.2 Å². The molecule has 0 unspecified atom stereocenters. The number of carbonyl (C=O) groups excluding carboxylic acids is 1. The highest BCUT2D eigenvalue weighted by atomic mass is 16.6. The Morgan fingerprint density at radius 1 is 0.786 bits per heavy atom. The number of esters is 1. The number of carbonyl (C=O) groups is 1. The van der Waals surface area contributed by atoms with Crippen molar-refractivity contribution in [3.63, 3.8) is 0 Å². The van der Waals surface area contributed by atoms with E-state index >= 15 is 0 Å². The Morgan fingerprint density at radius 2 is 1.32 bits per heavy atom. The van der Waals surface area contributed by atoms with Crippen LogP contribution in [0, 0.1) is 0 Å². The smallest absolute Gasteiger partial charge is 0.307 e. The minimum absolute atomic E-state index is 0.195. The van der Waals surface area contributed by atoms with Crippen molar-refractivity contribution in [3.8, 4) is 0 Å². The zero-order valence-electron chi connectivity index (χ0n) is 16.7. The molecule has 0 saturated carbocycles. The molecule has 0 atom stereocenters. The summed E-state index contributed by atoms with van der Waals surface area (Å²) >= 11 is 0. The molecule has 0 radical (unpaired) electrons. The molecule has 0 bridgehead atoms. The SMILES string of the molecule is CCOCCOCCOC(=O)CCN(Cc1ccccc1)Cc1ccccc1. The van der Waals surface area contributed by atoms with E-state index < -0.39 is 0 Å². The molecule has 0 fully saturated rings. The minimum Gasteiger partial charge on any atom is -0.463 e. The van der Waals surface area contributed by atoms with Gasteiger partial charge >= 0.3 is 5.97 Å². The number of hydrogen-bond donors (Lipinski definition) is 0. The lowest BCUT2D eigenvalue weighted by Crippen LogP contribution is -2.26. The molecule has 5 nitrogen and oxygen atoms in total. The molecule has 0 saturated heterocycles. The van der Waals surface area contributed by atoms with Crippen LogP contribution in [0.3, 0.4) is 0 Å². The van der Waals surface area contributed by atoms with Crippen LogP contribution in [0.5, 0.6) is 0 Å². The summed E-state index contributed by atoms with van der Waals surface area (Å²) in [5.74, 6) is -0.195. The number of ether oxygens (including phenoxy) is 3. The van der Waals surface area contributed by atoms with E-state index in [0.29, 0.717) is 39.4 Å². The van der Waals surface area contributed by atoms with Gasteiger partial charge in [-0.1, -0.05) is 60.7 Å². The average molecular weight is 386 g/mol. The van der Waals surface area contributed by atoms with Gasteiger partial charge in [0.25, 0.3) is 0 Å². The Balaban J connectivity index is 1.74. The van der Waals surface area contributed by atoms with Crippen LogP contribution in [0.15, 0.2) is 60.7 Å². The molecule has 2 rings (SSSR count). The summed E-state index contributed by atoms with van der Waals surface area (Å²) in [6.45, 7) is 6.63. The Hall–Kier alpha value is -2.21. The highest BCUT2D eigenvalue weighted by Gasteiger charge is 2.11. The van der Waals surface area contributed by atoms with Crippen LogP contribution in [0.2, 0.25) is 0 Å². The first-order chi connectivity index (χ1) is 13.8. The van der Waals surface area contributed by atoms with Crippen molar-refractivity contribution < 1.29 is 19.0 Å². The third-order valence-electron chi connectivity index (χ3n) is 4.20. The van der Waals surface area contributed by atoms with E-state index in [2.05, 4.69) is 29.2 Å². The van der Waals surface area contributed by atoms with Gasteiger partial charge in [-0.3, -0.25) is 9.69 Å². The second kappa shape index (κ2) is 13.9. The molecule has 0 aliphatic heterocycles. The molecular formula is C23H31NO4. The van der Waals surface area contributed by atoms with Gasteiger partial charge in [-0.2, -0.15) is 0 Å². The second-order valence-electron chi connectivity index (χ2n) is 6.46. The fourth-order valence-corrected chi connectivity index (χ4v) is 2.80. The molecule has 2 aromatic carbocycles. The summed E-state index contributed by atoms with van der Waals surface area (Å²) in [6, 6.07) is 20.6. The van der Waals surface area contributed by atoms with Crippen molar-refractivity contribution in [1.82, 2.24) is 4.90 Å². The van der Waals surface area contributed by atoms with Gasteiger partial charge in [0.15, 0.2) is 0 Å². The van der Waals surface area contributed by atoms with Crippen LogP contribution in [0.4, 0.5) is 0 Å². The van der Waals surface area contributed by atoms with Crippen LogP contribution in [-0.2, 0) is 32.1 Å². The molecule has 0 spiro atoms. The van der Waals surface area contributed by atoms with Gasteiger partial charge in [-0.25, -0.2) is 0 Å². The number of benzene rings is 2. The van der Waals surface area contributed by atoms with Crippen LogP contribution in [0.1, 0.15) is 24.5 Å². The predicted octanol–water partition coefficient (Wildman–Crippen LogP) is 3.68. The van der Waals surface area contributed by atoms with Crippen LogP contribution >= 0.6 is 0 Å². The molecular weight excluding hydrogens is 354 g/mol. The van der Waals surface area contributed by atoms with Crippen molar-refractivity contribution in [2.75, 3.05) is 39.6 Å². The minimum atomic E-state index is -0.195. The molecule has 0 aliphatic carbocycles. The summed E-state index contributed by atoms with van der Waals surface area (Å²) < 4.78 is 15.8. The molecule has 0 amide bonds. The fourth-order valence-electron chi connectivity index (χ4n) is 2.80. The summed E-state index contributed by atoms with van der Waals surface area (Å²) in [6.07, 6.45) is 0.360. The molecule has 0 aromatic heterocycles. The van der Waals surface area contributed by atoms with Gasteiger partial charge in [0, 0.05) is 26.2 Å². The maximum atomic E-state index is 12.1. The third-order valence-corrected chi connectivity index (χ3v) is 4.20. The molecule has 2 aromatic rings. The largest absolute Gasteiger partial charge is 0.463 e. The number of rotatable bonds is 14. The quantitative estimate of drug-likeness (QED) is 0.367. The summed E-state index contributed by atoms with van der Waals surface area (Å²) in [5, 5.41) is 0. The van der Waals surface area contributed by atoms with Crippen LogP contribution in [0.25, 0.3) is 0 Å². The molecule has 5 heteroatoms. The number of nitrogens with zero attached hydrogens (tertiary/aromatic N) is 1. The Morgan fingerprint density at radius 3 is 1.89 bits per heavy atom. The Kier molecular flexibility index (Phi) is 10.9. The first-order valence-corrected chi connectivity index (χ1v) is 9.89. The van der Waals surface area contributed by atoms with Crippen molar-refractivity contribution in [3.05, 3.63) is 71.8 Å². The van der Waals surface area contributed by atoms with Crippen LogP contribution < -0.4 is 0 Å². The Bertz CT molecular complexity index is 607. The maximum Gasteiger partial charge on any atom is 0.307 e. The zero-order valence-corrected chi connectivity index (χ0v) is 16.7. The van der Waals surface area contributed by atoms with E-state index in [1.807, 2.05) is 43.3 Å². The number of hydrogen-bond acceptors (Lipinski definition) is 5. The predicted molar refractivity (Wildman–Crippen MR) is 110 cm³/mol. The molecule has 28 heavy (non-hydrogen) atoms. The van der Waals surface area contributed by atoms with E-state index in [1.165, 1.54) is 11.1 Å². The molecule has 0 heterocycles. The summed E-state index contributed by atoms with van der Waals surface area (Å²) in [4.78, 5) is 14.3. The maximum absolute atomic E-state index is 12.1. The molecule has 0 aliphatic rings. The third kappa shape index (κ3) is 9.65. The van der Waals surface area contributed by atoms with Gasteiger partial charge in [0.1, 0.15) is 6.61 Å². The van der Waals surface area contributed by atoms with E-state index in [9.17, 15) is 4.79 Å². The lowest BCUT2D eigenvalue weighted by molar-refractivity contribution is -0.145. The summed E-state index contributed by atoms with van der Waals surface area (Å²) in [7, 11) is 0. The first kappa shape index (κ1) is 22.1. The topological polar surface area (TPSA) is 48.0 Å². The Labute approximate surface area is 168 Å². The summed E-state index contributed by atoms with van der Waals surface area (Å²) in [5.41, 5.74) is 2.46. The van der Waals surface area contributed by atoms with Crippen molar-refractivity contribution in [2.45, 2.75) is 26.4 Å². The second-order valence-corrected chi connectivity index (χ2v) is 6.46. The van der Waals surface area contributed by atoms with Gasteiger partial charge in [0.05, 0.1) is 26.2 Å². The zero-order chi connectivity index (χ0) is 19.9. The fraction of sp³-hybridized carbons (Fsp3) is 0.435. The van der Waals surface area contributed by atoms with Gasteiger partial charge in [0.2, 0.25) is 0 Å². The van der Waals surface area contributed by atoms with E-state index in [-0.39, 0.29) is 12.6 Å². The lowest BCUT2D eigenvalue weighted by atomic mass is 10.1. The lowest BCUT2D eigenvalue weighted by Gasteiger charge is -2.22. The van der Waals surface area contributed by atoms with Crippen molar-refractivity contribution in [2.24, 2.45) is 0 Å². The highest BCUT2D eigenvalue weighted by Crippen LogP contribution is 2.11. The molecule has 0 N–H and O–H groups in total. The molecule has 152 valence electrons. The first-order valence-electron chi connectivity index (χ1n) is 9.89. The van der Waals surface area contributed by atoms with Gasteiger partial charge in [-0.05, 0) is 18.1 Å².